The highest BCUT2D eigenvalue weighted by molar-refractivity contribution is 7.92. The van der Waals surface area contributed by atoms with Gasteiger partial charge in [-0.05, 0) is 42.0 Å². The minimum atomic E-state index is -3.83. The van der Waals surface area contributed by atoms with E-state index in [0.29, 0.717) is 16.9 Å². The third kappa shape index (κ3) is 4.15. The van der Waals surface area contributed by atoms with Gasteiger partial charge >= 0.3 is 5.97 Å². The van der Waals surface area contributed by atoms with Gasteiger partial charge in [-0.25, -0.2) is 13.2 Å². The molecule has 1 N–H and O–H groups in total. The van der Waals surface area contributed by atoms with Crippen molar-refractivity contribution in [3.63, 3.8) is 0 Å². The number of benzene rings is 3. The normalized spacial score (nSPS) is 15.5. The van der Waals surface area contributed by atoms with Crippen LogP contribution in [0.4, 0.5) is 11.4 Å². The zero-order valence-corrected chi connectivity index (χ0v) is 17.5. The van der Waals surface area contributed by atoms with Crippen molar-refractivity contribution >= 4 is 33.3 Å². The van der Waals surface area contributed by atoms with Crippen LogP contribution in [-0.4, -0.2) is 33.4 Å². The van der Waals surface area contributed by atoms with E-state index in [1.54, 1.807) is 66.7 Å². The summed E-state index contributed by atoms with van der Waals surface area (Å²) in [7, 11) is -2.36. The molecular formula is C23H20N2O5S. The van der Waals surface area contributed by atoms with Crippen LogP contribution in [0, 0.1) is 0 Å². The molecule has 1 aliphatic rings. The lowest BCUT2D eigenvalue weighted by atomic mass is 9.98. The number of cyclic esters (lactones) is 1. The summed E-state index contributed by atoms with van der Waals surface area (Å²) in [6.07, 6.45) is -0.739. The first kappa shape index (κ1) is 20.6. The monoisotopic (exact) mass is 436 g/mol. The van der Waals surface area contributed by atoms with Gasteiger partial charge in [-0.1, -0.05) is 42.5 Å². The minimum Gasteiger partial charge on any atom is -0.448 e. The number of anilines is 2. The molecule has 0 spiro atoms. The van der Waals surface area contributed by atoms with Crippen LogP contribution < -0.4 is 9.62 Å². The van der Waals surface area contributed by atoms with E-state index in [9.17, 15) is 18.0 Å². The number of hydrogen-bond acceptors (Lipinski definition) is 5. The summed E-state index contributed by atoms with van der Waals surface area (Å²) in [4.78, 5) is 24.9. The van der Waals surface area contributed by atoms with Crippen LogP contribution in [0.2, 0.25) is 0 Å². The lowest BCUT2D eigenvalue weighted by molar-refractivity contribution is -0.125. The number of esters is 1. The first-order valence-corrected chi connectivity index (χ1v) is 11.0. The number of para-hydroxylation sites is 1. The van der Waals surface area contributed by atoms with Gasteiger partial charge < -0.3 is 10.1 Å². The fourth-order valence-corrected chi connectivity index (χ4v) is 4.61. The van der Waals surface area contributed by atoms with E-state index in [4.69, 9.17) is 4.74 Å². The Morgan fingerprint density at radius 3 is 2.48 bits per heavy atom. The lowest BCUT2D eigenvalue weighted by Crippen LogP contribution is -2.38. The number of nitrogens with zero attached hydrogens (tertiary/aromatic N) is 1. The van der Waals surface area contributed by atoms with Crippen molar-refractivity contribution in [3.8, 4) is 0 Å². The second kappa shape index (κ2) is 8.23. The highest BCUT2D eigenvalue weighted by Gasteiger charge is 2.31. The Morgan fingerprint density at radius 2 is 1.71 bits per heavy atom. The molecule has 0 unspecified atom stereocenters. The van der Waals surface area contributed by atoms with Crippen LogP contribution >= 0.6 is 0 Å². The Hall–Kier alpha value is -3.65. The summed E-state index contributed by atoms with van der Waals surface area (Å²) in [6, 6.07) is 21.6. The van der Waals surface area contributed by atoms with E-state index in [-0.39, 0.29) is 11.3 Å². The van der Waals surface area contributed by atoms with E-state index in [1.165, 1.54) is 23.5 Å². The van der Waals surface area contributed by atoms with E-state index < -0.39 is 28.0 Å². The molecule has 1 heterocycles. The van der Waals surface area contributed by atoms with Crippen molar-refractivity contribution in [1.82, 2.24) is 0 Å². The Kier molecular flexibility index (Phi) is 5.48. The molecule has 158 valence electrons. The van der Waals surface area contributed by atoms with Crippen LogP contribution in [-0.2, 0) is 26.0 Å². The molecule has 0 bridgehead atoms. The zero-order valence-electron chi connectivity index (χ0n) is 16.7. The third-order valence-corrected chi connectivity index (χ3v) is 6.85. The van der Waals surface area contributed by atoms with Crippen LogP contribution in [0.15, 0.2) is 83.8 Å². The standard InChI is InChI=1S/C23H20N2O5S/c1-25(18-10-3-2-4-11-18)31(28,29)19-12-7-9-17(15-19)24-22(26)21-14-16-8-5-6-13-20(16)23(27)30-21/h2-13,15,21H,14H2,1H3,(H,24,26)/t21-/m1/s1. The summed E-state index contributed by atoms with van der Waals surface area (Å²) in [5.74, 6) is -1.07. The summed E-state index contributed by atoms with van der Waals surface area (Å²) in [5, 5.41) is 2.66. The van der Waals surface area contributed by atoms with E-state index in [0.717, 1.165) is 5.56 Å². The molecule has 0 aliphatic carbocycles. The number of nitrogens with one attached hydrogen (secondary N) is 1. The van der Waals surface area contributed by atoms with Crippen molar-refractivity contribution in [3.05, 3.63) is 90.0 Å². The van der Waals surface area contributed by atoms with Gasteiger partial charge in [-0.3, -0.25) is 9.10 Å². The van der Waals surface area contributed by atoms with Crippen molar-refractivity contribution < 1.29 is 22.7 Å². The zero-order chi connectivity index (χ0) is 22.0. The van der Waals surface area contributed by atoms with Crippen LogP contribution in [0.3, 0.4) is 0 Å². The number of fused-ring (bicyclic) bond motifs is 1. The Balaban J connectivity index is 1.53. The van der Waals surface area contributed by atoms with Crippen LogP contribution in [0.25, 0.3) is 0 Å². The number of carbonyl (C=O) groups excluding carboxylic acids is 2. The van der Waals surface area contributed by atoms with Crippen LogP contribution in [0.1, 0.15) is 15.9 Å². The largest absolute Gasteiger partial charge is 0.448 e. The number of rotatable bonds is 5. The summed E-state index contributed by atoms with van der Waals surface area (Å²) < 4.78 is 32.4. The molecule has 4 rings (SSSR count). The lowest BCUT2D eigenvalue weighted by Gasteiger charge is -2.24. The first-order valence-electron chi connectivity index (χ1n) is 9.60. The molecule has 1 aliphatic heterocycles. The smallest absolute Gasteiger partial charge is 0.339 e. The van der Waals surface area contributed by atoms with Gasteiger partial charge in [-0.15, -0.1) is 0 Å². The molecule has 0 saturated carbocycles. The number of sulfonamides is 1. The number of hydrogen-bond donors (Lipinski definition) is 1. The van der Waals surface area contributed by atoms with Gasteiger partial charge in [0, 0.05) is 19.2 Å². The Bertz CT molecular complexity index is 1240. The molecule has 7 nitrogen and oxygen atoms in total. The summed E-state index contributed by atoms with van der Waals surface area (Å²) in [5.41, 5.74) is 2.00. The molecule has 0 aromatic heterocycles. The van der Waals surface area contributed by atoms with Gasteiger partial charge in [-0.2, -0.15) is 0 Å². The Labute approximate surface area is 180 Å². The van der Waals surface area contributed by atoms with Crippen molar-refractivity contribution in [2.24, 2.45) is 0 Å². The molecule has 3 aromatic rings. The molecule has 0 fully saturated rings. The molecule has 0 saturated heterocycles. The van der Waals surface area contributed by atoms with Gasteiger partial charge in [0.2, 0.25) is 0 Å². The van der Waals surface area contributed by atoms with Crippen molar-refractivity contribution in [2.75, 3.05) is 16.7 Å². The number of amides is 1. The fraction of sp³-hybridized carbons (Fsp3) is 0.130. The van der Waals surface area contributed by atoms with Gasteiger partial charge in [0.1, 0.15) is 0 Å². The summed E-state index contributed by atoms with van der Waals surface area (Å²) >= 11 is 0. The van der Waals surface area contributed by atoms with E-state index in [1.807, 2.05) is 0 Å². The van der Waals surface area contributed by atoms with Crippen molar-refractivity contribution in [2.45, 2.75) is 17.4 Å². The maximum absolute atomic E-state index is 13.0. The maximum Gasteiger partial charge on any atom is 0.339 e. The average Bonchev–Trinajstić information content (AvgIpc) is 2.79. The average molecular weight is 436 g/mol. The maximum atomic E-state index is 13.0. The van der Waals surface area contributed by atoms with E-state index >= 15 is 0 Å². The number of ether oxygens (including phenoxy) is 1. The molecule has 31 heavy (non-hydrogen) atoms. The van der Waals surface area contributed by atoms with Gasteiger partial charge in [0.15, 0.2) is 6.10 Å². The highest BCUT2D eigenvalue weighted by Crippen LogP contribution is 2.25. The first-order chi connectivity index (χ1) is 14.9. The topological polar surface area (TPSA) is 92.8 Å². The number of carbonyl (C=O) groups is 2. The second-order valence-corrected chi connectivity index (χ2v) is 9.05. The van der Waals surface area contributed by atoms with E-state index in [2.05, 4.69) is 5.32 Å². The van der Waals surface area contributed by atoms with Crippen LogP contribution in [0.5, 0.6) is 0 Å². The molecular weight excluding hydrogens is 416 g/mol. The molecule has 1 amide bonds. The third-order valence-electron chi connectivity index (χ3n) is 5.06. The fourth-order valence-electron chi connectivity index (χ4n) is 3.37. The SMILES string of the molecule is CN(c1ccccc1)S(=O)(=O)c1cccc(NC(=O)[C@H]2Cc3ccccc3C(=O)O2)c1. The predicted octanol–water partition coefficient (Wildman–Crippen LogP) is 3.23. The highest BCUT2D eigenvalue weighted by atomic mass is 32.2. The van der Waals surface area contributed by atoms with Crippen molar-refractivity contribution in [1.29, 1.82) is 0 Å². The van der Waals surface area contributed by atoms with Gasteiger partial charge in [0.05, 0.1) is 16.1 Å². The second-order valence-electron chi connectivity index (χ2n) is 7.08. The molecule has 1 atom stereocenters. The quantitative estimate of drug-likeness (QED) is 0.620. The molecule has 3 aromatic carbocycles. The minimum absolute atomic E-state index is 0.0302. The van der Waals surface area contributed by atoms with Gasteiger partial charge in [0.25, 0.3) is 15.9 Å². The summed E-state index contributed by atoms with van der Waals surface area (Å²) in [6.45, 7) is 0. The Morgan fingerprint density at radius 1 is 1.00 bits per heavy atom. The molecule has 8 heteroatoms. The predicted molar refractivity (Wildman–Crippen MR) is 116 cm³/mol. The molecule has 0 radical (unpaired) electrons.